The van der Waals surface area contributed by atoms with E-state index in [1.807, 2.05) is 53.8 Å². The zero-order valence-electron chi connectivity index (χ0n) is 13.6. The molecule has 0 saturated heterocycles. The number of amides is 1. The lowest BCUT2D eigenvalue weighted by atomic mass is 9.98. The summed E-state index contributed by atoms with van der Waals surface area (Å²) in [5, 5.41) is 21.4. The molecule has 0 aliphatic heterocycles. The van der Waals surface area contributed by atoms with E-state index in [0.29, 0.717) is 0 Å². The Morgan fingerprint density at radius 1 is 1.12 bits per heavy atom. The molecule has 1 atom stereocenters. The normalized spacial score (nSPS) is 13.4. The van der Waals surface area contributed by atoms with Crippen molar-refractivity contribution in [2.45, 2.75) is 12.0 Å². The molecule has 2 aromatic rings. The Morgan fingerprint density at radius 3 is 2.15 bits per heavy atom. The molecule has 8 nitrogen and oxygen atoms in total. The van der Waals surface area contributed by atoms with E-state index in [1.54, 1.807) is 0 Å². The summed E-state index contributed by atoms with van der Waals surface area (Å²) in [6, 6.07) is 13.9. The third-order valence-corrected chi connectivity index (χ3v) is 4.27. The number of aliphatic carboxylic acids is 1. The van der Waals surface area contributed by atoms with Crippen LogP contribution in [-0.4, -0.2) is 41.3 Å². The predicted octanol–water partition coefficient (Wildman–Crippen LogP) is 2.25. The second kappa shape index (κ2) is 7.22. The summed E-state index contributed by atoms with van der Waals surface area (Å²) in [6.07, 6.45) is -0.999. The first-order valence-electron chi connectivity index (χ1n) is 7.93. The lowest BCUT2D eigenvalue weighted by molar-refractivity contribution is -0.481. The minimum absolute atomic E-state index is 0.00463. The molecule has 2 N–H and O–H groups in total. The van der Waals surface area contributed by atoms with E-state index in [9.17, 15) is 19.7 Å². The smallest absolute Gasteiger partial charge is 0.408 e. The van der Waals surface area contributed by atoms with E-state index in [-0.39, 0.29) is 12.5 Å². The fourth-order valence-electron chi connectivity index (χ4n) is 3.12. The van der Waals surface area contributed by atoms with E-state index < -0.39 is 29.6 Å². The number of carboxylic acids is 1. The largest absolute Gasteiger partial charge is 0.480 e. The van der Waals surface area contributed by atoms with Crippen LogP contribution in [0.1, 0.15) is 17.0 Å². The van der Waals surface area contributed by atoms with Gasteiger partial charge in [-0.15, -0.1) is 0 Å². The van der Waals surface area contributed by atoms with Crippen LogP contribution in [0.3, 0.4) is 0 Å². The molecule has 134 valence electrons. The molecule has 0 radical (unpaired) electrons. The van der Waals surface area contributed by atoms with Crippen molar-refractivity contribution in [2.24, 2.45) is 0 Å². The van der Waals surface area contributed by atoms with Crippen molar-refractivity contribution in [1.82, 2.24) is 5.32 Å². The highest BCUT2D eigenvalue weighted by atomic mass is 16.6. The molecule has 8 heteroatoms. The fraction of sp³-hybridized carbons (Fsp3) is 0.222. The van der Waals surface area contributed by atoms with Gasteiger partial charge < -0.3 is 15.2 Å². The van der Waals surface area contributed by atoms with Crippen LogP contribution in [0, 0.1) is 10.1 Å². The van der Waals surface area contributed by atoms with E-state index in [2.05, 4.69) is 0 Å². The molecule has 0 spiro atoms. The molecule has 3 rings (SSSR count). The van der Waals surface area contributed by atoms with Crippen molar-refractivity contribution in [1.29, 1.82) is 0 Å². The van der Waals surface area contributed by atoms with Crippen LogP contribution in [0.15, 0.2) is 48.5 Å². The van der Waals surface area contributed by atoms with Crippen LogP contribution in [0.2, 0.25) is 0 Å². The first kappa shape index (κ1) is 17.4. The number of nitrogens with one attached hydrogen (secondary N) is 1. The van der Waals surface area contributed by atoms with Crippen molar-refractivity contribution >= 4 is 12.1 Å². The maximum atomic E-state index is 11.9. The Kier molecular flexibility index (Phi) is 4.83. The Balaban J connectivity index is 1.71. The lowest BCUT2D eigenvalue weighted by Crippen LogP contribution is -2.45. The van der Waals surface area contributed by atoms with Crippen LogP contribution in [-0.2, 0) is 9.53 Å². The molecule has 2 aromatic carbocycles. The van der Waals surface area contributed by atoms with Gasteiger partial charge in [-0.3, -0.25) is 10.1 Å². The topological polar surface area (TPSA) is 119 Å². The summed E-state index contributed by atoms with van der Waals surface area (Å²) in [6.45, 7) is -0.913. The summed E-state index contributed by atoms with van der Waals surface area (Å²) < 4.78 is 5.17. The summed E-state index contributed by atoms with van der Waals surface area (Å²) in [5.74, 6) is -1.66. The standard InChI is InChI=1S/C18H16N2O6/c21-17(22)16(9-20(24)25)19-18(23)26-10-15-13-7-3-1-5-11(13)12-6-2-4-8-14(12)15/h1-8,15-16H,9-10H2,(H,19,23)(H,21,22)/t16-/m0/s1. The fourth-order valence-corrected chi connectivity index (χ4v) is 3.12. The number of hydrogen-bond acceptors (Lipinski definition) is 5. The predicted molar refractivity (Wildman–Crippen MR) is 91.5 cm³/mol. The molecule has 0 heterocycles. The number of carbonyl (C=O) groups is 2. The SMILES string of the molecule is O=C(N[C@@H](C[N+](=O)[O-])C(=O)O)OCC1c2ccccc2-c2ccccc21. The maximum Gasteiger partial charge on any atom is 0.408 e. The number of benzene rings is 2. The maximum absolute atomic E-state index is 11.9. The zero-order chi connectivity index (χ0) is 18.7. The van der Waals surface area contributed by atoms with E-state index in [0.717, 1.165) is 22.3 Å². The van der Waals surface area contributed by atoms with Gasteiger partial charge in [-0.1, -0.05) is 48.5 Å². The van der Waals surface area contributed by atoms with Crippen LogP contribution in [0.5, 0.6) is 0 Å². The van der Waals surface area contributed by atoms with Gasteiger partial charge in [0, 0.05) is 10.8 Å². The van der Waals surface area contributed by atoms with Crippen LogP contribution >= 0.6 is 0 Å². The summed E-state index contributed by atoms with van der Waals surface area (Å²) in [7, 11) is 0. The number of rotatable bonds is 6. The zero-order valence-corrected chi connectivity index (χ0v) is 13.6. The highest BCUT2D eigenvalue weighted by molar-refractivity contribution is 5.81. The van der Waals surface area contributed by atoms with Crippen LogP contribution in [0.4, 0.5) is 4.79 Å². The second-order valence-corrected chi connectivity index (χ2v) is 5.88. The van der Waals surface area contributed by atoms with Gasteiger partial charge in [-0.2, -0.15) is 0 Å². The molecule has 1 aliphatic carbocycles. The molecule has 1 aliphatic rings. The molecule has 0 aromatic heterocycles. The second-order valence-electron chi connectivity index (χ2n) is 5.88. The van der Waals surface area contributed by atoms with Crippen molar-refractivity contribution < 1.29 is 24.4 Å². The summed E-state index contributed by atoms with van der Waals surface area (Å²) in [5.41, 5.74) is 4.16. The monoisotopic (exact) mass is 356 g/mol. The van der Waals surface area contributed by atoms with Gasteiger partial charge in [-0.05, 0) is 22.3 Å². The number of nitro groups is 1. The molecule has 26 heavy (non-hydrogen) atoms. The number of alkyl carbamates (subject to hydrolysis) is 1. The Bertz CT molecular complexity index is 821. The van der Waals surface area contributed by atoms with Crippen molar-refractivity contribution in [3.8, 4) is 11.1 Å². The molecule has 1 amide bonds. The molecule has 0 unspecified atom stereocenters. The van der Waals surface area contributed by atoms with Crippen molar-refractivity contribution in [3.63, 3.8) is 0 Å². The molecule has 0 fully saturated rings. The average Bonchev–Trinajstić information content (AvgIpc) is 2.93. The summed E-state index contributed by atoms with van der Waals surface area (Å²) in [4.78, 5) is 32.6. The van der Waals surface area contributed by atoms with Crippen molar-refractivity contribution in [3.05, 3.63) is 69.8 Å². The quantitative estimate of drug-likeness (QED) is 0.605. The number of ether oxygens (including phenoxy) is 1. The molecular formula is C18H16N2O6. The Hall–Kier alpha value is -3.42. The first-order chi connectivity index (χ1) is 12.5. The van der Waals surface area contributed by atoms with E-state index >= 15 is 0 Å². The summed E-state index contributed by atoms with van der Waals surface area (Å²) >= 11 is 0. The highest BCUT2D eigenvalue weighted by Gasteiger charge is 2.30. The van der Waals surface area contributed by atoms with Gasteiger partial charge >= 0.3 is 12.1 Å². The van der Waals surface area contributed by atoms with E-state index in [1.165, 1.54) is 0 Å². The van der Waals surface area contributed by atoms with Gasteiger partial charge in [0.25, 0.3) is 0 Å². The number of carboxylic acid groups (broad SMARTS) is 1. The third kappa shape index (κ3) is 3.49. The Morgan fingerprint density at radius 2 is 1.65 bits per heavy atom. The van der Waals surface area contributed by atoms with Crippen LogP contribution < -0.4 is 5.32 Å². The Labute approximate surface area is 148 Å². The molecular weight excluding hydrogens is 340 g/mol. The highest BCUT2D eigenvalue weighted by Crippen LogP contribution is 2.44. The molecule has 0 bridgehead atoms. The van der Waals surface area contributed by atoms with Gasteiger partial charge in [-0.25, -0.2) is 9.59 Å². The third-order valence-electron chi connectivity index (χ3n) is 4.27. The average molecular weight is 356 g/mol. The van der Waals surface area contributed by atoms with E-state index in [4.69, 9.17) is 9.84 Å². The number of fused-ring (bicyclic) bond motifs is 3. The van der Waals surface area contributed by atoms with Gasteiger partial charge in [0.15, 0.2) is 6.04 Å². The van der Waals surface area contributed by atoms with Gasteiger partial charge in [0.1, 0.15) is 6.61 Å². The minimum atomic E-state index is -1.64. The number of carbonyl (C=O) groups excluding carboxylic acids is 1. The first-order valence-corrected chi connectivity index (χ1v) is 7.93. The minimum Gasteiger partial charge on any atom is -0.480 e. The number of nitrogens with zero attached hydrogens (tertiary/aromatic N) is 1. The van der Waals surface area contributed by atoms with Gasteiger partial charge in [0.2, 0.25) is 6.54 Å². The lowest BCUT2D eigenvalue weighted by Gasteiger charge is -2.16. The molecule has 0 saturated carbocycles. The number of hydrogen-bond donors (Lipinski definition) is 2. The van der Waals surface area contributed by atoms with Crippen molar-refractivity contribution in [2.75, 3.05) is 13.2 Å². The van der Waals surface area contributed by atoms with Gasteiger partial charge in [0.05, 0.1) is 0 Å². The van der Waals surface area contributed by atoms with Crippen LogP contribution in [0.25, 0.3) is 11.1 Å².